The van der Waals surface area contributed by atoms with Crippen molar-refractivity contribution in [1.29, 1.82) is 0 Å². The molecule has 1 amide bonds. The summed E-state index contributed by atoms with van der Waals surface area (Å²) in [4.78, 5) is 20.6. The first-order valence-corrected chi connectivity index (χ1v) is 7.59. The van der Waals surface area contributed by atoms with Gasteiger partial charge in [0.15, 0.2) is 0 Å². The van der Waals surface area contributed by atoms with Crippen LogP contribution in [0.4, 0.5) is 0 Å². The van der Waals surface area contributed by atoms with Gasteiger partial charge in [-0.15, -0.1) is 11.3 Å². The second-order valence-corrected chi connectivity index (χ2v) is 5.79. The molecule has 0 fully saturated rings. The molecule has 0 spiro atoms. The Labute approximate surface area is 130 Å². The van der Waals surface area contributed by atoms with E-state index >= 15 is 0 Å². The molecule has 0 unspecified atom stereocenters. The Morgan fingerprint density at radius 3 is 2.81 bits per heavy atom. The lowest BCUT2D eigenvalue weighted by Gasteiger charge is -2.03. The van der Waals surface area contributed by atoms with Crippen LogP contribution in [0.15, 0.2) is 48.0 Å². The highest BCUT2D eigenvalue weighted by Crippen LogP contribution is 2.22. The minimum atomic E-state index is -0.152. The van der Waals surface area contributed by atoms with Crippen LogP contribution in [-0.4, -0.2) is 15.9 Å². The lowest BCUT2D eigenvalue weighted by atomic mass is 10.2. The summed E-state index contributed by atoms with van der Waals surface area (Å²) < 4.78 is 0. The fourth-order valence-electron chi connectivity index (χ4n) is 1.88. The summed E-state index contributed by atoms with van der Waals surface area (Å²) in [6, 6.07) is 10.8. The Morgan fingerprint density at radius 2 is 2.10 bits per heavy atom. The summed E-state index contributed by atoms with van der Waals surface area (Å²) in [6.07, 6.45) is 1.77. The average molecular weight is 318 g/mol. The van der Waals surface area contributed by atoms with Crippen LogP contribution < -0.4 is 5.32 Å². The summed E-state index contributed by atoms with van der Waals surface area (Å²) in [5, 5.41) is 5.44. The number of nitrogens with zero attached hydrogens (tertiary/aromatic N) is 1. The normalized spacial score (nSPS) is 10.5. The average Bonchev–Trinajstić information content (AvgIpc) is 3.16. The number of rotatable bonds is 4. The van der Waals surface area contributed by atoms with Crippen LogP contribution in [0.3, 0.4) is 0 Å². The third-order valence-corrected chi connectivity index (χ3v) is 4.09. The third kappa shape index (κ3) is 3.32. The van der Waals surface area contributed by atoms with Crippen molar-refractivity contribution in [2.24, 2.45) is 0 Å². The summed E-state index contributed by atoms with van der Waals surface area (Å²) >= 11 is 7.44. The predicted molar refractivity (Wildman–Crippen MR) is 84.5 cm³/mol. The number of amides is 1. The Hall–Kier alpha value is -2.11. The summed E-state index contributed by atoms with van der Waals surface area (Å²) in [7, 11) is 0. The number of hydrogen-bond acceptors (Lipinski definition) is 3. The molecule has 0 saturated heterocycles. The van der Waals surface area contributed by atoms with E-state index in [2.05, 4.69) is 15.3 Å². The number of thiophene rings is 1. The minimum absolute atomic E-state index is 0.152. The molecule has 3 rings (SSSR count). The molecule has 2 aromatic heterocycles. The summed E-state index contributed by atoms with van der Waals surface area (Å²) in [5.41, 5.74) is 1.53. The molecule has 106 valence electrons. The topological polar surface area (TPSA) is 57.8 Å². The van der Waals surface area contributed by atoms with Crippen molar-refractivity contribution < 1.29 is 4.79 Å². The first-order valence-electron chi connectivity index (χ1n) is 6.34. The molecule has 6 heteroatoms. The highest BCUT2D eigenvalue weighted by atomic mass is 35.5. The molecule has 0 aliphatic rings. The summed E-state index contributed by atoms with van der Waals surface area (Å²) in [5.74, 6) is 0.571. The molecular weight excluding hydrogens is 306 g/mol. The number of halogens is 1. The molecule has 0 atom stereocenters. The highest BCUT2D eigenvalue weighted by Gasteiger charge is 2.07. The van der Waals surface area contributed by atoms with Gasteiger partial charge < -0.3 is 10.3 Å². The molecule has 21 heavy (non-hydrogen) atoms. The lowest BCUT2D eigenvalue weighted by molar-refractivity contribution is 0.0950. The van der Waals surface area contributed by atoms with Crippen LogP contribution in [0, 0.1) is 0 Å². The molecule has 0 bridgehead atoms. The van der Waals surface area contributed by atoms with Gasteiger partial charge in [0.05, 0.1) is 23.3 Å². The van der Waals surface area contributed by atoms with E-state index in [-0.39, 0.29) is 5.91 Å². The molecule has 1 aromatic carbocycles. The largest absolute Gasteiger partial charge is 0.345 e. The van der Waals surface area contributed by atoms with E-state index in [1.54, 1.807) is 41.8 Å². The van der Waals surface area contributed by atoms with Gasteiger partial charge in [-0.25, -0.2) is 4.98 Å². The van der Waals surface area contributed by atoms with Gasteiger partial charge in [-0.1, -0.05) is 17.7 Å². The number of nitrogens with one attached hydrogen (secondary N) is 2. The van der Waals surface area contributed by atoms with Gasteiger partial charge in [0, 0.05) is 10.6 Å². The van der Waals surface area contributed by atoms with Gasteiger partial charge in [0.25, 0.3) is 5.91 Å². The maximum Gasteiger partial charge on any atom is 0.251 e. The zero-order valence-corrected chi connectivity index (χ0v) is 12.5. The number of hydrogen-bond donors (Lipinski definition) is 2. The molecule has 0 radical (unpaired) electrons. The fraction of sp³-hybridized carbons (Fsp3) is 0.0667. The molecule has 0 saturated carbocycles. The van der Waals surface area contributed by atoms with Crippen molar-refractivity contribution in [3.8, 4) is 10.6 Å². The van der Waals surface area contributed by atoms with Crippen LogP contribution in [0.25, 0.3) is 10.6 Å². The monoisotopic (exact) mass is 317 g/mol. The van der Waals surface area contributed by atoms with Gasteiger partial charge in [0.2, 0.25) is 0 Å². The Balaban J connectivity index is 1.62. The van der Waals surface area contributed by atoms with E-state index in [4.69, 9.17) is 11.6 Å². The van der Waals surface area contributed by atoms with Crippen molar-refractivity contribution in [3.05, 3.63) is 64.4 Å². The second-order valence-electron chi connectivity index (χ2n) is 4.41. The lowest BCUT2D eigenvalue weighted by Crippen LogP contribution is -2.23. The van der Waals surface area contributed by atoms with Crippen LogP contribution in [0.1, 0.15) is 16.2 Å². The fourth-order valence-corrected chi connectivity index (χ4v) is 2.69. The molecule has 2 heterocycles. The predicted octanol–water partition coefficient (Wildman–Crippen LogP) is 3.72. The Bertz CT molecular complexity index is 735. The van der Waals surface area contributed by atoms with Gasteiger partial charge in [-0.2, -0.15) is 0 Å². The van der Waals surface area contributed by atoms with Crippen molar-refractivity contribution in [3.63, 3.8) is 0 Å². The van der Waals surface area contributed by atoms with Crippen LogP contribution >= 0.6 is 22.9 Å². The smallest absolute Gasteiger partial charge is 0.251 e. The first-order chi connectivity index (χ1) is 10.2. The molecular formula is C15H12ClN3OS. The number of H-pyrrole nitrogens is 1. The molecule has 4 nitrogen and oxygen atoms in total. The SMILES string of the molecule is O=C(NCc1ncc(-c2cccs2)[nH]1)c1ccc(Cl)cc1. The highest BCUT2D eigenvalue weighted by molar-refractivity contribution is 7.13. The van der Waals surface area contributed by atoms with Crippen molar-refractivity contribution in [1.82, 2.24) is 15.3 Å². The molecule has 0 aliphatic carbocycles. The number of benzene rings is 1. The van der Waals surface area contributed by atoms with E-state index in [0.717, 1.165) is 16.4 Å². The van der Waals surface area contributed by atoms with E-state index in [0.29, 0.717) is 17.1 Å². The molecule has 0 aliphatic heterocycles. The van der Waals surface area contributed by atoms with E-state index in [9.17, 15) is 4.79 Å². The number of aromatic nitrogens is 2. The van der Waals surface area contributed by atoms with E-state index in [1.807, 2.05) is 17.5 Å². The summed E-state index contributed by atoms with van der Waals surface area (Å²) in [6.45, 7) is 0.354. The van der Waals surface area contributed by atoms with Crippen LogP contribution in [-0.2, 0) is 6.54 Å². The Morgan fingerprint density at radius 1 is 1.29 bits per heavy atom. The third-order valence-electron chi connectivity index (χ3n) is 2.94. The molecule has 2 N–H and O–H groups in total. The van der Waals surface area contributed by atoms with Crippen LogP contribution in [0.5, 0.6) is 0 Å². The van der Waals surface area contributed by atoms with Crippen molar-refractivity contribution in [2.45, 2.75) is 6.54 Å². The maximum absolute atomic E-state index is 12.0. The quantitative estimate of drug-likeness (QED) is 0.770. The van der Waals surface area contributed by atoms with Gasteiger partial charge in [-0.05, 0) is 35.7 Å². The zero-order valence-electron chi connectivity index (χ0n) is 11.0. The number of carbonyl (C=O) groups excluding carboxylic acids is 1. The van der Waals surface area contributed by atoms with E-state index < -0.39 is 0 Å². The zero-order chi connectivity index (χ0) is 14.7. The number of carbonyl (C=O) groups is 1. The second kappa shape index (κ2) is 6.11. The standard InChI is InChI=1S/C15H12ClN3OS/c16-11-5-3-10(4-6-11)15(20)18-9-14-17-8-12(19-14)13-2-1-7-21-13/h1-8H,9H2,(H,17,19)(H,18,20). The molecule has 3 aromatic rings. The van der Waals surface area contributed by atoms with Gasteiger partial charge >= 0.3 is 0 Å². The van der Waals surface area contributed by atoms with Crippen molar-refractivity contribution >= 4 is 28.8 Å². The maximum atomic E-state index is 12.0. The van der Waals surface area contributed by atoms with Crippen LogP contribution in [0.2, 0.25) is 5.02 Å². The number of imidazole rings is 1. The minimum Gasteiger partial charge on any atom is -0.345 e. The Kier molecular flexibility index (Phi) is 4.03. The van der Waals surface area contributed by atoms with Crippen molar-refractivity contribution in [2.75, 3.05) is 0 Å². The first kappa shape index (κ1) is 13.9. The van der Waals surface area contributed by atoms with Gasteiger partial charge in [0.1, 0.15) is 5.82 Å². The number of aromatic amines is 1. The van der Waals surface area contributed by atoms with E-state index in [1.165, 1.54) is 0 Å². The van der Waals surface area contributed by atoms with Gasteiger partial charge in [-0.3, -0.25) is 4.79 Å².